The average Bonchev–Trinajstić information content (AvgIpc) is 2.16. The van der Waals surface area contributed by atoms with Gasteiger partial charge in [0, 0.05) is 12.3 Å². The van der Waals surface area contributed by atoms with Crippen LogP contribution in [-0.2, 0) is 0 Å². The lowest BCUT2D eigenvalue weighted by Crippen LogP contribution is -1.97. The Labute approximate surface area is 83.6 Å². The van der Waals surface area contributed by atoms with Crippen LogP contribution in [0.25, 0.3) is 0 Å². The number of rotatable bonds is 8. The highest BCUT2D eigenvalue weighted by molar-refractivity contribution is 5.84. The van der Waals surface area contributed by atoms with E-state index in [9.17, 15) is 0 Å². The Morgan fingerprint density at radius 1 is 0.923 bits per heavy atom. The molecule has 0 aromatic carbocycles. The monoisotopic (exact) mass is 183 g/mol. The molecule has 0 N–H and O–H groups in total. The normalized spacial score (nSPS) is 12.1. The Hall–Kier alpha value is -0.330. The summed E-state index contributed by atoms with van der Waals surface area (Å²) in [5.41, 5.74) is 1.42. The van der Waals surface area contributed by atoms with E-state index in [1.165, 1.54) is 44.2 Å². The van der Waals surface area contributed by atoms with E-state index in [1.807, 2.05) is 0 Å². The van der Waals surface area contributed by atoms with E-state index >= 15 is 0 Å². The molecule has 0 aliphatic rings. The first-order chi connectivity index (χ1) is 6.35. The fourth-order valence-electron chi connectivity index (χ4n) is 1.52. The highest BCUT2D eigenvalue weighted by atomic mass is 14.7. The SMILES string of the molecule is CCCCCCC/C(CC)=N\CC. The second kappa shape index (κ2) is 9.76. The van der Waals surface area contributed by atoms with Gasteiger partial charge in [0.15, 0.2) is 0 Å². The molecule has 0 heterocycles. The largest absolute Gasteiger partial charge is 0.294 e. The molecule has 0 radical (unpaired) electrons. The van der Waals surface area contributed by atoms with Gasteiger partial charge in [0.2, 0.25) is 0 Å². The van der Waals surface area contributed by atoms with Crippen molar-refractivity contribution in [2.45, 2.75) is 65.7 Å². The fraction of sp³-hybridized carbons (Fsp3) is 0.917. The minimum absolute atomic E-state index is 0.956. The van der Waals surface area contributed by atoms with Gasteiger partial charge in [-0.1, -0.05) is 39.5 Å². The molecule has 0 unspecified atom stereocenters. The third kappa shape index (κ3) is 8.01. The van der Waals surface area contributed by atoms with Gasteiger partial charge in [0.05, 0.1) is 0 Å². The van der Waals surface area contributed by atoms with Crippen molar-refractivity contribution < 1.29 is 0 Å². The molecule has 0 spiro atoms. The van der Waals surface area contributed by atoms with Crippen molar-refractivity contribution in [3.63, 3.8) is 0 Å². The van der Waals surface area contributed by atoms with E-state index in [-0.39, 0.29) is 0 Å². The minimum Gasteiger partial charge on any atom is -0.294 e. The zero-order chi connectivity index (χ0) is 9.94. The van der Waals surface area contributed by atoms with Gasteiger partial charge in [0.1, 0.15) is 0 Å². The van der Waals surface area contributed by atoms with E-state index in [2.05, 4.69) is 25.8 Å². The van der Waals surface area contributed by atoms with Gasteiger partial charge >= 0.3 is 0 Å². The summed E-state index contributed by atoms with van der Waals surface area (Å²) < 4.78 is 0. The third-order valence-corrected chi connectivity index (χ3v) is 2.36. The number of unbranched alkanes of at least 4 members (excludes halogenated alkanes) is 4. The van der Waals surface area contributed by atoms with E-state index in [4.69, 9.17) is 0 Å². The predicted molar refractivity (Wildman–Crippen MR) is 61.6 cm³/mol. The molecule has 0 aromatic heterocycles. The van der Waals surface area contributed by atoms with Crippen molar-refractivity contribution in [3.8, 4) is 0 Å². The summed E-state index contributed by atoms with van der Waals surface area (Å²) in [7, 11) is 0. The lowest BCUT2D eigenvalue weighted by molar-refractivity contribution is 0.641. The maximum Gasteiger partial charge on any atom is 0.0360 e. The van der Waals surface area contributed by atoms with Crippen LogP contribution in [0.5, 0.6) is 0 Å². The fourth-order valence-corrected chi connectivity index (χ4v) is 1.52. The Morgan fingerprint density at radius 2 is 1.62 bits per heavy atom. The Morgan fingerprint density at radius 3 is 2.15 bits per heavy atom. The number of hydrogen-bond donors (Lipinski definition) is 0. The molecule has 1 heteroatoms. The molecule has 1 nitrogen and oxygen atoms in total. The molecule has 0 atom stereocenters. The van der Waals surface area contributed by atoms with Crippen LogP contribution in [0, 0.1) is 0 Å². The molecule has 0 aliphatic heterocycles. The average molecular weight is 183 g/mol. The molecule has 0 aromatic rings. The van der Waals surface area contributed by atoms with E-state index < -0.39 is 0 Å². The minimum atomic E-state index is 0.956. The molecule has 0 fully saturated rings. The maximum atomic E-state index is 4.48. The zero-order valence-corrected chi connectivity index (χ0v) is 9.60. The van der Waals surface area contributed by atoms with Gasteiger partial charge in [-0.05, 0) is 26.2 Å². The van der Waals surface area contributed by atoms with Gasteiger partial charge in [0.25, 0.3) is 0 Å². The Bertz CT molecular complexity index is 127. The highest BCUT2D eigenvalue weighted by Crippen LogP contribution is 2.07. The molecule has 0 rings (SSSR count). The smallest absolute Gasteiger partial charge is 0.0360 e. The second-order valence-corrected chi connectivity index (χ2v) is 3.56. The van der Waals surface area contributed by atoms with Crippen molar-refractivity contribution in [3.05, 3.63) is 0 Å². The lowest BCUT2D eigenvalue weighted by atomic mass is 10.1. The number of nitrogens with zero attached hydrogens (tertiary/aromatic N) is 1. The maximum absolute atomic E-state index is 4.48. The van der Waals surface area contributed by atoms with Gasteiger partial charge < -0.3 is 0 Å². The molecule has 0 saturated heterocycles. The zero-order valence-electron chi connectivity index (χ0n) is 9.60. The number of hydrogen-bond acceptors (Lipinski definition) is 1. The van der Waals surface area contributed by atoms with Crippen LogP contribution >= 0.6 is 0 Å². The van der Waals surface area contributed by atoms with E-state index in [0.717, 1.165) is 13.0 Å². The summed E-state index contributed by atoms with van der Waals surface area (Å²) in [6, 6.07) is 0. The van der Waals surface area contributed by atoms with Crippen molar-refractivity contribution in [2.24, 2.45) is 4.99 Å². The summed E-state index contributed by atoms with van der Waals surface area (Å²) in [6.45, 7) is 7.54. The molecular weight excluding hydrogens is 158 g/mol. The molecular formula is C12H25N. The van der Waals surface area contributed by atoms with Gasteiger partial charge in [-0.2, -0.15) is 0 Å². The molecule has 13 heavy (non-hydrogen) atoms. The summed E-state index contributed by atoms with van der Waals surface area (Å²) in [5, 5.41) is 0. The summed E-state index contributed by atoms with van der Waals surface area (Å²) >= 11 is 0. The van der Waals surface area contributed by atoms with Crippen LogP contribution in [0.3, 0.4) is 0 Å². The van der Waals surface area contributed by atoms with Crippen LogP contribution in [0.15, 0.2) is 4.99 Å². The van der Waals surface area contributed by atoms with E-state index in [0.29, 0.717) is 0 Å². The molecule has 0 bridgehead atoms. The standard InChI is InChI=1S/C12H25N/c1-4-7-8-9-10-11-12(5-2)13-6-3/h4-11H2,1-3H3/b13-12-. The first-order valence-corrected chi connectivity index (χ1v) is 5.87. The Balaban J connectivity index is 3.33. The summed E-state index contributed by atoms with van der Waals surface area (Å²) in [5.74, 6) is 0. The summed E-state index contributed by atoms with van der Waals surface area (Å²) in [6.07, 6.45) is 9.23. The van der Waals surface area contributed by atoms with Crippen LogP contribution in [0.2, 0.25) is 0 Å². The third-order valence-electron chi connectivity index (χ3n) is 2.36. The van der Waals surface area contributed by atoms with Gasteiger partial charge in [-0.15, -0.1) is 0 Å². The van der Waals surface area contributed by atoms with Crippen LogP contribution in [0.1, 0.15) is 65.7 Å². The van der Waals surface area contributed by atoms with Gasteiger partial charge in [-0.3, -0.25) is 4.99 Å². The Kier molecular flexibility index (Phi) is 9.51. The van der Waals surface area contributed by atoms with Crippen molar-refractivity contribution >= 4 is 5.71 Å². The summed E-state index contributed by atoms with van der Waals surface area (Å²) in [4.78, 5) is 4.48. The van der Waals surface area contributed by atoms with Crippen molar-refractivity contribution in [1.29, 1.82) is 0 Å². The quantitative estimate of drug-likeness (QED) is 0.395. The van der Waals surface area contributed by atoms with Gasteiger partial charge in [-0.25, -0.2) is 0 Å². The predicted octanol–water partition coefficient (Wildman–Crippen LogP) is 4.22. The van der Waals surface area contributed by atoms with Crippen LogP contribution in [0.4, 0.5) is 0 Å². The van der Waals surface area contributed by atoms with Crippen molar-refractivity contribution in [1.82, 2.24) is 0 Å². The molecule has 78 valence electrons. The highest BCUT2D eigenvalue weighted by Gasteiger charge is 1.95. The molecule has 0 amide bonds. The second-order valence-electron chi connectivity index (χ2n) is 3.56. The van der Waals surface area contributed by atoms with Crippen LogP contribution in [-0.4, -0.2) is 12.3 Å². The van der Waals surface area contributed by atoms with Crippen molar-refractivity contribution in [2.75, 3.05) is 6.54 Å². The van der Waals surface area contributed by atoms with E-state index in [1.54, 1.807) is 0 Å². The topological polar surface area (TPSA) is 12.4 Å². The molecule has 0 aliphatic carbocycles. The lowest BCUT2D eigenvalue weighted by Gasteiger charge is -2.02. The molecule has 0 saturated carbocycles. The van der Waals surface area contributed by atoms with Crippen LogP contribution < -0.4 is 0 Å². The first-order valence-electron chi connectivity index (χ1n) is 5.87. The first kappa shape index (κ1) is 12.7. The number of aliphatic imine (C=N–C) groups is 1.